The van der Waals surface area contributed by atoms with E-state index in [2.05, 4.69) is 4.90 Å². The Morgan fingerprint density at radius 3 is 2.62 bits per heavy atom. The Kier molecular flexibility index (Phi) is 6.45. The van der Waals surface area contributed by atoms with E-state index in [0.717, 1.165) is 45.7 Å². The third-order valence-corrected chi connectivity index (χ3v) is 5.36. The van der Waals surface area contributed by atoms with Crippen LogP contribution in [0.3, 0.4) is 0 Å². The van der Waals surface area contributed by atoms with Crippen LogP contribution in [0.25, 0.3) is 0 Å². The Bertz CT molecular complexity index is 614. The number of nitrogens with zero attached hydrogens (tertiary/aromatic N) is 2. The van der Waals surface area contributed by atoms with Crippen molar-refractivity contribution in [1.82, 2.24) is 9.80 Å². The Labute approximate surface area is 153 Å². The molecular weight excluding hydrogens is 339 g/mol. The number of hydrogen-bond acceptors (Lipinski definition) is 5. The highest BCUT2D eigenvalue weighted by Gasteiger charge is 2.33. The zero-order valence-corrected chi connectivity index (χ0v) is 15.2. The average molecular weight is 366 g/mol. The van der Waals surface area contributed by atoms with E-state index in [0.29, 0.717) is 24.6 Å². The van der Waals surface area contributed by atoms with Crippen LogP contribution in [-0.4, -0.2) is 73.9 Å². The fraction of sp³-hybridized carbons (Fsp3) is 0.632. The highest BCUT2D eigenvalue weighted by atomic mass is 19.1. The van der Waals surface area contributed by atoms with Gasteiger partial charge < -0.3 is 14.6 Å². The SMILES string of the molecule is COc1cc(F)ccc1C(C(=O)O)N1CCC(CN2CCOCC2)CC1. The van der Waals surface area contributed by atoms with E-state index in [-0.39, 0.29) is 5.75 Å². The molecule has 2 aliphatic rings. The van der Waals surface area contributed by atoms with Crippen molar-refractivity contribution in [3.8, 4) is 5.75 Å². The molecule has 3 rings (SSSR count). The summed E-state index contributed by atoms with van der Waals surface area (Å²) in [6.45, 7) is 6.03. The molecule has 7 heteroatoms. The Balaban J connectivity index is 1.64. The van der Waals surface area contributed by atoms with Crippen LogP contribution in [0.2, 0.25) is 0 Å². The second-order valence-electron chi connectivity index (χ2n) is 7.02. The molecule has 26 heavy (non-hydrogen) atoms. The summed E-state index contributed by atoms with van der Waals surface area (Å²) in [5.41, 5.74) is 0.507. The molecule has 2 aliphatic heterocycles. The predicted octanol–water partition coefficient (Wildman–Crippen LogP) is 2.00. The fourth-order valence-electron chi connectivity index (χ4n) is 3.94. The lowest BCUT2D eigenvalue weighted by molar-refractivity contribution is -0.144. The van der Waals surface area contributed by atoms with Gasteiger partial charge in [0.15, 0.2) is 0 Å². The molecule has 2 heterocycles. The van der Waals surface area contributed by atoms with Crippen LogP contribution in [-0.2, 0) is 9.53 Å². The van der Waals surface area contributed by atoms with Crippen molar-refractivity contribution in [1.29, 1.82) is 0 Å². The molecule has 2 saturated heterocycles. The molecule has 0 saturated carbocycles. The van der Waals surface area contributed by atoms with E-state index in [4.69, 9.17) is 9.47 Å². The molecule has 0 bridgehead atoms. The van der Waals surface area contributed by atoms with Crippen molar-refractivity contribution in [2.24, 2.45) is 5.92 Å². The number of methoxy groups -OCH3 is 1. The number of carboxylic acids is 1. The molecule has 1 aromatic rings. The van der Waals surface area contributed by atoms with Gasteiger partial charge in [-0.2, -0.15) is 0 Å². The van der Waals surface area contributed by atoms with Crippen molar-refractivity contribution in [3.05, 3.63) is 29.6 Å². The summed E-state index contributed by atoms with van der Waals surface area (Å²) in [5, 5.41) is 9.78. The maximum absolute atomic E-state index is 13.5. The highest BCUT2D eigenvalue weighted by molar-refractivity contribution is 5.76. The van der Waals surface area contributed by atoms with Gasteiger partial charge in [0.05, 0.1) is 20.3 Å². The Morgan fingerprint density at radius 2 is 2.00 bits per heavy atom. The minimum Gasteiger partial charge on any atom is -0.496 e. The summed E-state index contributed by atoms with van der Waals surface area (Å²) in [6.07, 6.45) is 1.93. The zero-order chi connectivity index (χ0) is 18.5. The van der Waals surface area contributed by atoms with Crippen LogP contribution in [0.15, 0.2) is 18.2 Å². The minimum atomic E-state index is -0.929. The van der Waals surface area contributed by atoms with Gasteiger partial charge in [0, 0.05) is 31.3 Å². The summed E-state index contributed by atoms with van der Waals surface area (Å²) >= 11 is 0. The van der Waals surface area contributed by atoms with Crippen molar-refractivity contribution in [2.45, 2.75) is 18.9 Å². The summed E-state index contributed by atoms with van der Waals surface area (Å²) < 4.78 is 24.1. The lowest BCUT2D eigenvalue weighted by Gasteiger charge is -2.38. The van der Waals surface area contributed by atoms with Gasteiger partial charge in [-0.15, -0.1) is 0 Å². The average Bonchev–Trinajstić information content (AvgIpc) is 2.65. The third kappa shape index (κ3) is 4.52. The molecular formula is C19H27FN2O4. The van der Waals surface area contributed by atoms with Gasteiger partial charge in [-0.05, 0) is 37.9 Å². The third-order valence-electron chi connectivity index (χ3n) is 5.36. The summed E-state index contributed by atoms with van der Waals surface area (Å²) in [4.78, 5) is 16.3. The summed E-state index contributed by atoms with van der Waals surface area (Å²) in [5.74, 6) is -0.498. The van der Waals surface area contributed by atoms with Gasteiger partial charge in [-0.3, -0.25) is 14.6 Å². The van der Waals surface area contributed by atoms with Crippen molar-refractivity contribution in [2.75, 3.05) is 53.0 Å². The first-order valence-corrected chi connectivity index (χ1v) is 9.19. The van der Waals surface area contributed by atoms with E-state index in [9.17, 15) is 14.3 Å². The van der Waals surface area contributed by atoms with Crippen LogP contribution < -0.4 is 4.74 Å². The largest absolute Gasteiger partial charge is 0.496 e. The quantitative estimate of drug-likeness (QED) is 0.831. The standard InChI is InChI=1S/C19H27FN2O4/c1-25-17-12-15(20)2-3-16(17)18(19(23)24)22-6-4-14(5-7-22)13-21-8-10-26-11-9-21/h2-3,12,14,18H,4-11,13H2,1H3,(H,23,24). The molecule has 1 atom stereocenters. The number of carbonyl (C=O) groups is 1. The number of halogens is 1. The predicted molar refractivity (Wildman–Crippen MR) is 94.9 cm³/mol. The number of aliphatic carboxylic acids is 1. The van der Waals surface area contributed by atoms with Crippen molar-refractivity contribution >= 4 is 5.97 Å². The molecule has 1 unspecified atom stereocenters. The summed E-state index contributed by atoms with van der Waals surface area (Å²) in [6, 6.07) is 3.25. The molecule has 0 spiro atoms. The topological polar surface area (TPSA) is 62.2 Å². The molecule has 0 aromatic heterocycles. The number of piperidine rings is 1. The minimum absolute atomic E-state index is 0.285. The Hall–Kier alpha value is -1.70. The van der Waals surface area contributed by atoms with Crippen LogP contribution >= 0.6 is 0 Å². The Morgan fingerprint density at radius 1 is 1.31 bits per heavy atom. The molecule has 6 nitrogen and oxygen atoms in total. The second kappa shape index (κ2) is 8.79. The van der Waals surface area contributed by atoms with Crippen LogP contribution in [0, 0.1) is 11.7 Å². The molecule has 144 valence electrons. The van der Waals surface area contributed by atoms with E-state index in [1.54, 1.807) is 0 Å². The number of rotatable bonds is 6. The first-order chi connectivity index (χ1) is 12.6. The number of hydrogen-bond donors (Lipinski definition) is 1. The smallest absolute Gasteiger partial charge is 0.325 e. The molecule has 1 aromatic carbocycles. The number of ether oxygens (including phenoxy) is 2. The van der Waals surface area contributed by atoms with Crippen molar-refractivity contribution in [3.63, 3.8) is 0 Å². The van der Waals surface area contributed by atoms with Crippen LogP contribution in [0.5, 0.6) is 5.75 Å². The maximum atomic E-state index is 13.5. The number of likely N-dealkylation sites (tertiary alicyclic amines) is 1. The summed E-state index contributed by atoms with van der Waals surface area (Å²) in [7, 11) is 1.44. The van der Waals surface area contributed by atoms with E-state index in [1.807, 2.05) is 4.90 Å². The lowest BCUT2D eigenvalue weighted by atomic mass is 9.93. The first-order valence-electron chi connectivity index (χ1n) is 9.19. The lowest BCUT2D eigenvalue weighted by Crippen LogP contribution is -2.44. The normalized spacial score (nSPS) is 21.5. The number of carboxylic acid groups (broad SMARTS) is 1. The number of benzene rings is 1. The fourth-order valence-corrected chi connectivity index (χ4v) is 3.94. The van der Waals surface area contributed by atoms with Gasteiger partial charge >= 0.3 is 5.97 Å². The molecule has 0 amide bonds. The molecule has 0 aliphatic carbocycles. The first kappa shape index (κ1) is 19.1. The second-order valence-corrected chi connectivity index (χ2v) is 7.02. The maximum Gasteiger partial charge on any atom is 0.325 e. The van der Waals surface area contributed by atoms with Gasteiger partial charge in [-0.1, -0.05) is 6.07 Å². The zero-order valence-electron chi connectivity index (χ0n) is 15.2. The van der Waals surface area contributed by atoms with Gasteiger partial charge in [0.25, 0.3) is 0 Å². The molecule has 2 fully saturated rings. The van der Waals surface area contributed by atoms with Gasteiger partial charge in [-0.25, -0.2) is 4.39 Å². The van der Waals surface area contributed by atoms with Crippen LogP contribution in [0.4, 0.5) is 4.39 Å². The van der Waals surface area contributed by atoms with E-state index < -0.39 is 17.8 Å². The highest BCUT2D eigenvalue weighted by Crippen LogP contribution is 2.33. The van der Waals surface area contributed by atoms with Crippen molar-refractivity contribution < 1.29 is 23.8 Å². The van der Waals surface area contributed by atoms with Crippen LogP contribution in [0.1, 0.15) is 24.4 Å². The monoisotopic (exact) mass is 366 g/mol. The molecule has 0 radical (unpaired) electrons. The van der Waals surface area contributed by atoms with Gasteiger partial charge in [0.1, 0.15) is 17.6 Å². The van der Waals surface area contributed by atoms with Gasteiger partial charge in [0.2, 0.25) is 0 Å². The number of morpholine rings is 1. The van der Waals surface area contributed by atoms with E-state index in [1.165, 1.54) is 25.3 Å². The molecule has 1 N–H and O–H groups in total. The van der Waals surface area contributed by atoms with E-state index >= 15 is 0 Å².